The number of benzene rings is 1. The van der Waals surface area contributed by atoms with Crippen LogP contribution in [0.4, 0.5) is 0 Å². The van der Waals surface area contributed by atoms with Gasteiger partial charge in [0.15, 0.2) is 0 Å². The minimum Gasteiger partial charge on any atom is -0.669 e. The van der Waals surface area contributed by atoms with Crippen molar-refractivity contribution in [2.24, 2.45) is 5.73 Å². The molecule has 2 aliphatic rings. The van der Waals surface area contributed by atoms with Gasteiger partial charge in [-0.3, -0.25) is 4.79 Å². The molecule has 1 atom stereocenters. The van der Waals surface area contributed by atoms with E-state index < -0.39 is 29.6 Å². The van der Waals surface area contributed by atoms with E-state index in [9.17, 15) is 24.7 Å². The molecule has 0 aromatic heterocycles. The van der Waals surface area contributed by atoms with Gasteiger partial charge in [-0.25, -0.2) is 4.79 Å². The molecule has 1 amide bonds. The zero-order valence-electron chi connectivity index (χ0n) is 15.7. The number of carboxylic acid groups (broad SMARTS) is 1. The van der Waals surface area contributed by atoms with Crippen molar-refractivity contribution < 1.29 is 34.1 Å². The molecule has 28 heavy (non-hydrogen) atoms. The van der Waals surface area contributed by atoms with E-state index in [2.05, 4.69) is 12.6 Å². The average Bonchev–Trinajstić information content (AvgIpc) is 2.53. The first-order valence-corrected chi connectivity index (χ1v) is 9.45. The number of thiol groups is 1. The summed E-state index contributed by atoms with van der Waals surface area (Å²) in [4.78, 5) is 25.6. The first kappa shape index (κ1) is 20.8. The molecule has 0 spiro atoms. The van der Waals surface area contributed by atoms with Gasteiger partial charge in [-0.1, -0.05) is 12.4 Å². The number of aryl methyl sites for hydroxylation is 1. The number of likely N-dealkylation sites (tertiary alicyclic amines) is 1. The van der Waals surface area contributed by atoms with Crippen LogP contribution in [0.5, 0.6) is 11.5 Å². The van der Waals surface area contributed by atoms with Gasteiger partial charge in [-0.2, -0.15) is 12.6 Å². The Morgan fingerprint density at radius 2 is 2.04 bits per heavy atom. The molecule has 2 heterocycles. The fourth-order valence-corrected chi connectivity index (χ4v) is 3.31. The molecule has 0 radical (unpaired) electrons. The summed E-state index contributed by atoms with van der Waals surface area (Å²) in [5.41, 5.74) is 6.23. The van der Waals surface area contributed by atoms with Crippen molar-refractivity contribution >= 4 is 31.3 Å². The third kappa shape index (κ3) is 4.07. The van der Waals surface area contributed by atoms with Crippen LogP contribution >= 0.6 is 12.6 Å². The Kier molecular flexibility index (Phi) is 5.30. The monoisotopic (exact) mass is 411 g/mol. The number of hydrogen-bond donors (Lipinski definition) is 5. The van der Waals surface area contributed by atoms with Crippen molar-refractivity contribution in [3.63, 3.8) is 0 Å². The third-order valence-electron chi connectivity index (χ3n) is 4.99. The molecule has 0 unspecified atom stereocenters. The smallest absolute Gasteiger partial charge is 0.430 e. The molecular weight excluding hydrogens is 387 g/mol. The summed E-state index contributed by atoms with van der Waals surface area (Å²) in [6, 6.07) is 2.39. The van der Waals surface area contributed by atoms with E-state index in [-0.39, 0.29) is 48.8 Å². The van der Waals surface area contributed by atoms with Gasteiger partial charge in [-0.05, 0) is 31.9 Å². The molecule has 5 N–H and O–H groups in total. The van der Waals surface area contributed by atoms with E-state index in [4.69, 9.17) is 15.1 Å². The normalized spacial score (nSPS) is 19.9. The van der Waals surface area contributed by atoms with Gasteiger partial charge < -0.3 is 35.2 Å². The average molecular weight is 411 g/mol. The van der Waals surface area contributed by atoms with Gasteiger partial charge in [-0.15, -0.1) is 0 Å². The van der Waals surface area contributed by atoms with Crippen LogP contribution in [-0.4, -0.2) is 68.7 Å². The fourth-order valence-electron chi connectivity index (χ4n) is 3.20. The number of rotatable bonds is 5. The largest absolute Gasteiger partial charge is 0.669 e. The number of ether oxygens (including phenoxy) is 1. The maximum absolute atomic E-state index is 12.3. The van der Waals surface area contributed by atoms with Gasteiger partial charge in [0.1, 0.15) is 17.4 Å². The number of carbonyl (C=O) groups is 2. The highest BCUT2D eigenvalue weighted by molar-refractivity contribution is 7.81. The van der Waals surface area contributed by atoms with Crippen LogP contribution in [0, 0.1) is 0 Å². The number of amides is 1. The predicted octanol–water partition coefficient (Wildman–Crippen LogP) is -0.132. The molecule has 1 aromatic rings. The second-order valence-corrected chi connectivity index (χ2v) is 9.01. The fraction of sp³-hybridized carbons (Fsp3) is 0.529. The number of nitrogens with two attached hydrogens (primary N) is 1. The first-order valence-electron chi connectivity index (χ1n) is 9.01. The highest BCUT2D eigenvalue weighted by Crippen LogP contribution is 2.39. The number of carbonyl (C=O) groups excluding carboxylic acids is 1. The van der Waals surface area contributed by atoms with Crippen LogP contribution in [0.25, 0.3) is 0 Å². The maximum atomic E-state index is 12.3. The summed E-state index contributed by atoms with van der Waals surface area (Å²) < 4.78 is 10.2. The molecule has 9 nitrogen and oxygen atoms in total. The molecule has 154 valence electrons. The molecule has 1 fully saturated rings. The van der Waals surface area contributed by atoms with Crippen LogP contribution in [0.3, 0.4) is 0 Å². The van der Waals surface area contributed by atoms with E-state index >= 15 is 0 Å². The molecule has 2 aliphatic heterocycles. The lowest BCUT2D eigenvalue weighted by Crippen LogP contribution is -2.62. The highest BCUT2D eigenvalue weighted by Gasteiger charge is 2.40. The molecule has 3 rings (SSSR count). The van der Waals surface area contributed by atoms with Crippen molar-refractivity contribution in [3.8, 4) is 11.5 Å². The summed E-state index contributed by atoms with van der Waals surface area (Å²) in [6.45, 7) is 0.935. The Balaban J connectivity index is 1.73. The third-order valence-corrected chi connectivity index (χ3v) is 5.27. The number of nitrogens with zero attached hydrogens (tertiary/aromatic N) is 1. The van der Waals surface area contributed by atoms with E-state index in [1.54, 1.807) is 19.9 Å². The van der Waals surface area contributed by atoms with Crippen LogP contribution in [-0.2, 0) is 11.2 Å². The number of hydrogen-bond acceptors (Lipinski definition) is 8. The summed E-state index contributed by atoms with van der Waals surface area (Å²) in [6.07, 6.45) is -0.128. The first-order chi connectivity index (χ1) is 12.9. The van der Waals surface area contributed by atoms with E-state index in [1.807, 2.05) is 0 Å². The minimum atomic E-state index is -3.10. The van der Waals surface area contributed by atoms with E-state index in [0.717, 1.165) is 0 Å². The predicted molar refractivity (Wildman–Crippen MR) is 105 cm³/mol. The van der Waals surface area contributed by atoms with E-state index in [1.165, 1.54) is 11.0 Å². The Morgan fingerprint density at radius 3 is 2.61 bits per heavy atom. The molecule has 0 bridgehead atoms. The van der Waals surface area contributed by atoms with Crippen LogP contribution in [0.2, 0.25) is 6.32 Å². The molecule has 11 heteroatoms. The summed E-state index contributed by atoms with van der Waals surface area (Å²) in [5.74, 6) is -1.59. The standard InChI is InChI=1S/C17H24BN2O7S/c1-17(2,28)14(19)15(21)20-7-10(8-20)26-11-4-3-9-5-6-18(24,25)27-13(9)12(11)16(22)23/h3-4,10,14,24-25,28H,5-8,19H2,1-2H3,(H,22,23)/q-1/t14-/m0/s1. The second kappa shape index (κ2) is 7.14. The Hall–Kier alpha value is -1.95. The van der Waals surface area contributed by atoms with Crippen molar-refractivity contribution in [3.05, 3.63) is 23.3 Å². The van der Waals surface area contributed by atoms with E-state index in [0.29, 0.717) is 5.56 Å². The SMILES string of the molecule is CC(C)(S)[C@@H](N)C(=O)N1CC(Oc2ccc3c(c2C(=O)O)O[B-](O)(O)CC3)C1. The molecule has 1 saturated heterocycles. The second-order valence-electron chi connectivity index (χ2n) is 7.86. The Morgan fingerprint density at radius 1 is 1.39 bits per heavy atom. The van der Waals surface area contributed by atoms with Crippen LogP contribution < -0.4 is 15.1 Å². The minimum absolute atomic E-state index is 0.00624. The van der Waals surface area contributed by atoms with Crippen molar-refractivity contribution in [1.29, 1.82) is 0 Å². The lowest BCUT2D eigenvalue weighted by molar-refractivity contribution is -0.142. The molecule has 0 saturated carbocycles. The van der Waals surface area contributed by atoms with Crippen molar-refractivity contribution in [1.82, 2.24) is 4.90 Å². The quantitative estimate of drug-likeness (QED) is 0.333. The highest BCUT2D eigenvalue weighted by atomic mass is 32.1. The zero-order chi connectivity index (χ0) is 20.9. The maximum Gasteiger partial charge on any atom is 0.430 e. The Bertz CT molecular complexity index is 805. The Labute approximate surface area is 167 Å². The number of carboxylic acids is 1. The van der Waals surface area contributed by atoms with Gasteiger partial charge in [0.25, 0.3) is 0 Å². The lowest BCUT2D eigenvalue weighted by atomic mass is 9.70. The van der Waals surface area contributed by atoms with Gasteiger partial charge in [0.2, 0.25) is 5.91 Å². The molecular formula is C17H24BN2O7S-. The van der Waals surface area contributed by atoms with Gasteiger partial charge in [0.05, 0.1) is 24.9 Å². The van der Waals surface area contributed by atoms with Crippen molar-refractivity contribution in [2.75, 3.05) is 13.1 Å². The topological polar surface area (TPSA) is 143 Å². The molecule has 1 aromatic carbocycles. The van der Waals surface area contributed by atoms with Gasteiger partial charge >= 0.3 is 12.7 Å². The van der Waals surface area contributed by atoms with Gasteiger partial charge in [0, 0.05) is 4.75 Å². The summed E-state index contributed by atoms with van der Waals surface area (Å²) in [7, 11) is 0. The molecule has 0 aliphatic carbocycles. The van der Waals surface area contributed by atoms with Crippen molar-refractivity contribution in [2.45, 2.75) is 43.5 Å². The van der Waals surface area contributed by atoms with Crippen LogP contribution in [0.15, 0.2) is 12.1 Å². The number of fused-ring (bicyclic) bond motifs is 1. The summed E-state index contributed by atoms with van der Waals surface area (Å²) in [5, 5.41) is 29.1. The summed E-state index contributed by atoms with van der Waals surface area (Å²) >= 11 is 4.32. The van der Waals surface area contributed by atoms with Crippen LogP contribution in [0.1, 0.15) is 29.8 Å². The number of aromatic carboxylic acids is 1. The lowest BCUT2D eigenvalue weighted by Gasteiger charge is -2.42. The zero-order valence-corrected chi connectivity index (χ0v) is 16.6.